The molecule has 25 heavy (non-hydrogen) atoms. The van der Waals surface area contributed by atoms with E-state index in [2.05, 4.69) is 47.9 Å². The molecule has 0 fully saturated rings. The van der Waals surface area contributed by atoms with E-state index in [0.717, 1.165) is 37.1 Å². The van der Waals surface area contributed by atoms with E-state index < -0.39 is 0 Å². The van der Waals surface area contributed by atoms with Gasteiger partial charge in [-0.05, 0) is 35.6 Å². The number of hydrogen-bond acceptors (Lipinski definition) is 3. The van der Waals surface area contributed by atoms with Gasteiger partial charge in [0.05, 0.1) is 7.11 Å². The highest BCUT2D eigenvalue weighted by molar-refractivity contribution is 5.66. The normalized spacial score (nSPS) is 14.8. The van der Waals surface area contributed by atoms with E-state index in [1.165, 1.54) is 11.1 Å². The summed E-state index contributed by atoms with van der Waals surface area (Å²) in [5.74, 6) is 0.778. The van der Waals surface area contributed by atoms with Gasteiger partial charge in [0.2, 0.25) is 0 Å². The van der Waals surface area contributed by atoms with E-state index in [0.29, 0.717) is 12.3 Å². The van der Waals surface area contributed by atoms with Crippen molar-refractivity contribution in [1.82, 2.24) is 4.90 Å². The van der Waals surface area contributed by atoms with Gasteiger partial charge in [0.1, 0.15) is 0 Å². The fourth-order valence-electron chi connectivity index (χ4n) is 3.30. The Bertz CT molecular complexity index is 765. The number of hydrogen-bond donors (Lipinski definition) is 1. The van der Waals surface area contributed by atoms with E-state index in [1.807, 2.05) is 18.2 Å². The Morgan fingerprint density at radius 1 is 1.24 bits per heavy atom. The van der Waals surface area contributed by atoms with E-state index in [-0.39, 0.29) is 5.75 Å². The molecule has 1 heterocycles. The van der Waals surface area contributed by atoms with Gasteiger partial charge in [-0.25, -0.2) is 0 Å². The summed E-state index contributed by atoms with van der Waals surface area (Å²) in [7, 11) is 1.59. The fraction of sp³-hybridized carbons (Fsp3) is 0.273. The minimum Gasteiger partial charge on any atom is -0.504 e. The molecule has 2 aromatic carbocycles. The lowest BCUT2D eigenvalue weighted by Crippen LogP contribution is -2.28. The lowest BCUT2D eigenvalue weighted by Gasteiger charge is -2.27. The summed E-state index contributed by atoms with van der Waals surface area (Å²) in [6.07, 6.45) is 5.95. The average Bonchev–Trinajstić information content (AvgIpc) is 2.66. The number of rotatable bonds is 6. The number of ether oxygens (including phenoxy) is 1. The van der Waals surface area contributed by atoms with Gasteiger partial charge in [-0.1, -0.05) is 48.6 Å². The average molecular weight is 335 g/mol. The number of methoxy groups -OCH3 is 1. The number of nitrogens with zero attached hydrogens (tertiary/aromatic N) is 1. The van der Waals surface area contributed by atoms with Crippen LogP contribution in [0.5, 0.6) is 11.5 Å². The van der Waals surface area contributed by atoms with Gasteiger partial charge in [0.15, 0.2) is 11.5 Å². The van der Waals surface area contributed by atoms with Crippen molar-refractivity contribution < 1.29 is 9.84 Å². The molecule has 0 unspecified atom stereocenters. The molecule has 1 aliphatic heterocycles. The number of allylic oxidation sites excluding steroid dienone is 1. The van der Waals surface area contributed by atoms with Crippen molar-refractivity contribution >= 4 is 5.57 Å². The molecule has 0 radical (unpaired) electrons. The molecule has 130 valence electrons. The zero-order valence-corrected chi connectivity index (χ0v) is 14.7. The first-order valence-corrected chi connectivity index (χ1v) is 8.67. The van der Waals surface area contributed by atoms with Crippen molar-refractivity contribution in [3.05, 3.63) is 77.9 Å². The number of phenolic OH excluding ortho intramolecular Hbond substituents is 1. The minimum atomic E-state index is 0.244. The van der Waals surface area contributed by atoms with Gasteiger partial charge in [0, 0.05) is 25.2 Å². The predicted octanol–water partition coefficient (Wildman–Crippen LogP) is 4.42. The minimum absolute atomic E-state index is 0.244. The summed E-state index contributed by atoms with van der Waals surface area (Å²) < 4.78 is 5.32. The van der Waals surface area contributed by atoms with Gasteiger partial charge in [-0.15, -0.1) is 6.58 Å². The lowest BCUT2D eigenvalue weighted by atomic mass is 9.99. The van der Waals surface area contributed by atoms with Crippen LogP contribution in [0.1, 0.15) is 23.1 Å². The molecule has 0 saturated carbocycles. The maximum atomic E-state index is 10.4. The Balaban J connectivity index is 1.74. The molecule has 0 bridgehead atoms. The third-order valence-corrected chi connectivity index (χ3v) is 4.65. The number of phenols is 1. The van der Waals surface area contributed by atoms with Crippen LogP contribution in [0.15, 0.2) is 61.2 Å². The highest BCUT2D eigenvalue weighted by Gasteiger charge is 2.17. The second kappa shape index (κ2) is 8.04. The molecule has 3 heteroatoms. The molecule has 1 N–H and O–H groups in total. The first kappa shape index (κ1) is 17.3. The van der Waals surface area contributed by atoms with Crippen LogP contribution in [0.3, 0.4) is 0 Å². The molecule has 0 amide bonds. The predicted molar refractivity (Wildman–Crippen MR) is 103 cm³/mol. The van der Waals surface area contributed by atoms with Crippen LogP contribution in [-0.4, -0.2) is 30.2 Å². The van der Waals surface area contributed by atoms with Crippen LogP contribution in [0.25, 0.3) is 5.57 Å². The molecule has 0 saturated heterocycles. The molecule has 1 aliphatic rings. The number of benzene rings is 2. The van der Waals surface area contributed by atoms with Gasteiger partial charge in [0.25, 0.3) is 0 Å². The Kier molecular flexibility index (Phi) is 5.56. The van der Waals surface area contributed by atoms with Crippen LogP contribution < -0.4 is 4.74 Å². The molecular formula is C22H25NO2. The second-order valence-corrected chi connectivity index (χ2v) is 6.38. The van der Waals surface area contributed by atoms with Gasteiger partial charge in [-0.3, -0.25) is 4.90 Å². The Morgan fingerprint density at radius 2 is 2.04 bits per heavy atom. The summed E-state index contributed by atoms with van der Waals surface area (Å²) in [5, 5.41) is 10.4. The van der Waals surface area contributed by atoms with Crippen LogP contribution in [0.4, 0.5) is 0 Å². The van der Waals surface area contributed by atoms with Crippen molar-refractivity contribution in [3.8, 4) is 11.5 Å². The maximum absolute atomic E-state index is 10.4. The first-order valence-electron chi connectivity index (χ1n) is 8.67. The smallest absolute Gasteiger partial charge is 0.162 e. The zero-order chi connectivity index (χ0) is 17.6. The topological polar surface area (TPSA) is 32.7 Å². The van der Waals surface area contributed by atoms with Crippen molar-refractivity contribution in [2.24, 2.45) is 0 Å². The third-order valence-electron chi connectivity index (χ3n) is 4.65. The highest BCUT2D eigenvalue weighted by Crippen LogP contribution is 2.33. The quantitative estimate of drug-likeness (QED) is 0.793. The van der Waals surface area contributed by atoms with Crippen molar-refractivity contribution in [2.45, 2.75) is 19.4 Å². The van der Waals surface area contributed by atoms with Crippen LogP contribution >= 0.6 is 0 Å². The van der Waals surface area contributed by atoms with E-state index in [4.69, 9.17) is 4.74 Å². The lowest BCUT2D eigenvalue weighted by molar-refractivity contribution is 0.286. The molecular weight excluding hydrogens is 310 g/mol. The zero-order valence-electron chi connectivity index (χ0n) is 14.7. The van der Waals surface area contributed by atoms with E-state index in [1.54, 1.807) is 7.11 Å². The first-order chi connectivity index (χ1) is 12.2. The number of aromatic hydroxyl groups is 1. The Hall–Kier alpha value is -2.52. The Labute approximate surface area is 149 Å². The molecule has 3 rings (SSSR count). The summed E-state index contributed by atoms with van der Waals surface area (Å²) in [6.45, 7) is 6.38. The molecule has 2 aromatic rings. The van der Waals surface area contributed by atoms with Crippen molar-refractivity contribution in [2.75, 3.05) is 20.2 Å². The van der Waals surface area contributed by atoms with Gasteiger partial charge < -0.3 is 9.84 Å². The standard InChI is InChI=1S/C22H25NO2/c1-3-7-17-14-20(22(24)21(15-17)25-2)16-23-12-10-19(11-13-23)18-8-5-4-6-9-18/h3-6,8-10,14-15,24H,1,7,11-13,16H2,2H3. The molecule has 3 nitrogen and oxygen atoms in total. The monoisotopic (exact) mass is 335 g/mol. The summed E-state index contributed by atoms with van der Waals surface area (Å²) >= 11 is 0. The highest BCUT2D eigenvalue weighted by atomic mass is 16.5. The largest absolute Gasteiger partial charge is 0.504 e. The van der Waals surface area contributed by atoms with E-state index >= 15 is 0 Å². The molecule has 0 aliphatic carbocycles. The summed E-state index contributed by atoms with van der Waals surface area (Å²) in [4.78, 5) is 2.35. The van der Waals surface area contributed by atoms with Gasteiger partial charge >= 0.3 is 0 Å². The molecule has 0 aromatic heterocycles. The fourth-order valence-corrected chi connectivity index (χ4v) is 3.30. The second-order valence-electron chi connectivity index (χ2n) is 6.38. The van der Waals surface area contributed by atoms with Crippen LogP contribution in [-0.2, 0) is 13.0 Å². The maximum Gasteiger partial charge on any atom is 0.162 e. The van der Waals surface area contributed by atoms with E-state index in [9.17, 15) is 5.11 Å². The summed E-state index contributed by atoms with van der Waals surface area (Å²) in [6, 6.07) is 14.5. The van der Waals surface area contributed by atoms with Crippen molar-refractivity contribution in [3.63, 3.8) is 0 Å². The third kappa shape index (κ3) is 4.12. The molecule has 0 atom stereocenters. The summed E-state index contributed by atoms with van der Waals surface area (Å²) in [5.41, 5.74) is 4.73. The van der Waals surface area contributed by atoms with Gasteiger partial charge in [-0.2, -0.15) is 0 Å². The Morgan fingerprint density at radius 3 is 2.68 bits per heavy atom. The molecule has 0 spiro atoms. The van der Waals surface area contributed by atoms with Crippen LogP contribution in [0.2, 0.25) is 0 Å². The van der Waals surface area contributed by atoms with Crippen molar-refractivity contribution in [1.29, 1.82) is 0 Å². The SMILES string of the molecule is C=CCc1cc(CN2CC=C(c3ccccc3)CC2)c(O)c(OC)c1. The van der Waals surface area contributed by atoms with Crippen LogP contribution in [0, 0.1) is 0 Å².